The fourth-order valence-electron chi connectivity index (χ4n) is 6.99. The Labute approximate surface area is 295 Å². The van der Waals surface area contributed by atoms with E-state index in [-0.39, 0.29) is 0 Å². The summed E-state index contributed by atoms with van der Waals surface area (Å²) in [5.74, 6) is 0.778. The molecule has 2 aromatic heterocycles. The Kier molecular flexibility index (Phi) is 7.37. The first-order valence-corrected chi connectivity index (χ1v) is 16.9. The standard InChI is InChI=1S/C46H32N4O/c1-30(31-15-5-2-6-16-31)48-46(49-45(47)32-17-7-3-8-18-32)40-25-14-24-39-37-28-27-33(29-42(37)51-44(39)40)35-22-13-23-38-36-21-11-12-26-41(36)50(43(35)38)34-19-9-4-10-20-34/h2-29H,1H2,(H2,47,48,49). The van der Waals surface area contributed by atoms with Crippen molar-refractivity contribution in [2.45, 2.75) is 0 Å². The molecule has 51 heavy (non-hydrogen) atoms. The van der Waals surface area contributed by atoms with Crippen LogP contribution in [-0.2, 0) is 0 Å². The second kappa shape index (κ2) is 12.5. The van der Waals surface area contributed by atoms with Gasteiger partial charge in [-0.25, -0.2) is 9.98 Å². The maximum absolute atomic E-state index is 6.76. The highest BCUT2D eigenvalue weighted by Crippen LogP contribution is 2.40. The van der Waals surface area contributed by atoms with Crippen molar-refractivity contribution in [2.24, 2.45) is 15.7 Å². The van der Waals surface area contributed by atoms with Crippen molar-refractivity contribution in [2.75, 3.05) is 0 Å². The normalized spacial score (nSPS) is 12.3. The number of rotatable bonds is 6. The summed E-state index contributed by atoms with van der Waals surface area (Å²) in [5.41, 5.74) is 16.7. The maximum atomic E-state index is 6.76. The minimum absolute atomic E-state index is 0.354. The van der Waals surface area contributed by atoms with E-state index >= 15 is 0 Å². The number of hydrogen-bond donors (Lipinski definition) is 1. The lowest BCUT2D eigenvalue weighted by Crippen LogP contribution is -2.16. The Morgan fingerprint density at radius 1 is 0.569 bits per heavy atom. The predicted octanol–water partition coefficient (Wildman–Crippen LogP) is 11.2. The molecule has 7 aromatic carbocycles. The zero-order valence-corrected chi connectivity index (χ0v) is 27.7. The van der Waals surface area contributed by atoms with Crippen LogP contribution in [-0.4, -0.2) is 16.2 Å². The molecule has 0 saturated carbocycles. The zero-order chi connectivity index (χ0) is 34.3. The average molecular weight is 657 g/mol. The summed E-state index contributed by atoms with van der Waals surface area (Å²) in [6.07, 6.45) is 0. The molecular formula is C46H32N4O. The first-order valence-electron chi connectivity index (χ1n) is 16.9. The molecule has 0 bridgehead atoms. The van der Waals surface area contributed by atoms with Crippen LogP contribution in [0.25, 0.3) is 66.3 Å². The van der Waals surface area contributed by atoms with Gasteiger partial charge in [0, 0.05) is 38.4 Å². The number of nitrogens with two attached hydrogens (primary N) is 1. The lowest BCUT2D eigenvalue weighted by Gasteiger charge is -2.11. The van der Waals surface area contributed by atoms with E-state index in [0.717, 1.165) is 55.4 Å². The van der Waals surface area contributed by atoms with E-state index < -0.39 is 0 Å². The zero-order valence-electron chi connectivity index (χ0n) is 27.7. The highest BCUT2D eigenvalue weighted by Gasteiger charge is 2.19. The minimum Gasteiger partial charge on any atom is -0.455 e. The van der Waals surface area contributed by atoms with Gasteiger partial charge < -0.3 is 14.7 Å². The molecule has 2 heterocycles. The third kappa shape index (κ3) is 5.29. The van der Waals surface area contributed by atoms with Crippen molar-refractivity contribution in [1.29, 1.82) is 0 Å². The third-order valence-corrected chi connectivity index (χ3v) is 9.40. The quantitative estimate of drug-likeness (QED) is 0.143. The van der Waals surface area contributed by atoms with Crippen molar-refractivity contribution in [3.05, 3.63) is 193 Å². The Balaban J connectivity index is 1.23. The number of benzene rings is 7. The van der Waals surface area contributed by atoms with Crippen LogP contribution in [0.2, 0.25) is 0 Å². The minimum atomic E-state index is 0.354. The number of hydrogen-bond acceptors (Lipinski definition) is 2. The number of para-hydroxylation sites is 4. The van der Waals surface area contributed by atoms with Crippen LogP contribution in [0.15, 0.2) is 191 Å². The molecule has 2 N–H and O–H groups in total. The second-order valence-corrected chi connectivity index (χ2v) is 12.5. The number of furan rings is 1. The first kappa shape index (κ1) is 30.1. The van der Waals surface area contributed by atoms with Crippen molar-refractivity contribution in [1.82, 2.24) is 4.57 Å². The summed E-state index contributed by atoms with van der Waals surface area (Å²) >= 11 is 0. The van der Waals surface area contributed by atoms with Crippen molar-refractivity contribution >= 4 is 61.1 Å². The molecule has 0 atom stereocenters. The lowest BCUT2D eigenvalue weighted by molar-refractivity contribution is 0.668. The molecule has 5 heteroatoms. The van der Waals surface area contributed by atoms with E-state index in [2.05, 4.69) is 108 Å². The molecule has 0 saturated heterocycles. The molecule has 242 valence electrons. The summed E-state index contributed by atoms with van der Waals surface area (Å²) < 4.78 is 9.12. The third-order valence-electron chi connectivity index (χ3n) is 9.40. The molecule has 0 unspecified atom stereocenters. The van der Waals surface area contributed by atoms with Gasteiger partial charge in [-0.15, -0.1) is 0 Å². The number of amidine groups is 2. The monoisotopic (exact) mass is 656 g/mol. The fourth-order valence-corrected chi connectivity index (χ4v) is 6.99. The summed E-state index contributed by atoms with van der Waals surface area (Å²) in [7, 11) is 0. The molecule has 0 amide bonds. The number of fused-ring (bicyclic) bond motifs is 6. The van der Waals surface area contributed by atoms with Crippen molar-refractivity contribution < 1.29 is 4.42 Å². The topological polar surface area (TPSA) is 68.8 Å². The van der Waals surface area contributed by atoms with Crippen LogP contribution in [0.4, 0.5) is 0 Å². The Morgan fingerprint density at radius 2 is 1.22 bits per heavy atom. The average Bonchev–Trinajstić information content (AvgIpc) is 3.74. The summed E-state index contributed by atoms with van der Waals surface area (Å²) in [6, 6.07) is 57.8. The summed E-state index contributed by atoms with van der Waals surface area (Å²) in [6.45, 7) is 4.28. The van der Waals surface area contributed by atoms with E-state index in [1.165, 1.54) is 16.3 Å². The molecule has 0 aliphatic rings. The summed E-state index contributed by atoms with van der Waals surface area (Å²) in [4.78, 5) is 9.84. The Morgan fingerprint density at radius 3 is 2.00 bits per heavy atom. The predicted molar refractivity (Wildman–Crippen MR) is 213 cm³/mol. The Bertz CT molecular complexity index is 2810. The summed E-state index contributed by atoms with van der Waals surface area (Å²) in [5, 5.41) is 4.39. The maximum Gasteiger partial charge on any atom is 0.165 e. The lowest BCUT2D eigenvalue weighted by atomic mass is 10.00. The molecule has 9 rings (SSSR count). The van der Waals surface area contributed by atoms with Gasteiger partial charge in [-0.05, 0) is 47.5 Å². The molecule has 0 aliphatic carbocycles. The van der Waals surface area contributed by atoms with Gasteiger partial charge in [0.15, 0.2) is 5.84 Å². The van der Waals surface area contributed by atoms with Crippen molar-refractivity contribution in [3.8, 4) is 16.8 Å². The van der Waals surface area contributed by atoms with Gasteiger partial charge in [-0.1, -0.05) is 140 Å². The van der Waals surface area contributed by atoms with E-state index in [1.807, 2.05) is 72.8 Å². The Hall–Kier alpha value is -6.98. The van der Waals surface area contributed by atoms with Gasteiger partial charge in [0.25, 0.3) is 0 Å². The fraction of sp³-hybridized carbons (Fsp3) is 0. The number of aromatic nitrogens is 1. The van der Waals surface area contributed by atoms with Crippen LogP contribution < -0.4 is 5.73 Å². The van der Waals surface area contributed by atoms with Crippen LogP contribution in [0, 0.1) is 0 Å². The molecule has 0 aliphatic heterocycles. The van der Waals surface area contributed by atoms with E-state index in [4.69, 9.17) is 20.1 Å². The molecule has 0 spiro atoms. The highest BCUT2D eigenvalue weighted by molar-refractivity contribution is 6.20. The smallest absolute Gasteiger partial charge is 0.165 e. The van der Waals surface area contributed by atoms with Crippen LogP contribution in [0.5, 0.6) is 0 Å². The van der Waals surface area contributed by atoms with Crippen molar-refractivity contribution in [3.63, 3.8) is 0 Å². The van der Waals surface area contributed by atoms with Gasteiger partial charge in [-0.2, -0.15) is 0 Å². The van der Waals surface area contributed by atoms with Gasteiger partial charge in [0.1, 0.15) is 17.0 Å². The van der Waals surface area contributed by atoms with E-state index in [1.54, 1.807) is 0 Å². The van der Waals surface area contributed by atoms with E-state index in [9.17, 15) is 0 Å². The number of nitrogens with zero attached hydrogens (tertiary/aromatic N) is 3. The van der Waals surface area contributed by atoms with Crippen LogP contribution in [0.1, 0.15) is 16.7 Å². The van der Waals surface area contributed by atoms with Gasteiger partial charge >= 0.3 is 0 Å². The number of aliphatic imine (C=N–C) groups is 2. The molecule has 9 aromatic rings. The van der Waals surface area contributed by atoms with Crippen LogP contribution >= 0.6 is 0 Å². The first-order chi connectivity index (χ1) is 25.1. The SMILES string of the molecule is C=C(N=C(N=C(N)c1ccccc1)c1cccc2c1oc1cc(-c3cccc4c5ccccc5n(-c5ccccc5)c34)ccc12)c1ccccc1. The van der Waals surface area contributed by atoms with Gasteiger partial charge in [0.2, 0.25) is 0 Å². The molecule has 0 fully saturated rings. The highest BCUT2D eigenvalue weighted by atomic mass is 16.3. The molecular weight excluding hydrogens is 625 g/mol. The van der Waals surface area contributed by atoms with Gasteiger partial charge in [-0.3, -0.25) is 0 Å². The van der Waals surface area contributed by atoms with Gasteiger partial charge in [0.05, 0.1) is 22.3 Å². The van der Waals surface area contributed by atoms with Crippen LogP contribution in [0.3, 0.4) is 0 Å². The second-order valence-electron chi connectivity index (χ2n) is 12.5. The largest absolute Gasteiger partial charge is 0.455 e. The molecule has 0 radical (unpaired) electrons. The van der Waals surface area contributed by atoms with E-state index in [0.29, 0.717) is 23.0 Å². The molecule has 5 nitrogen and oxygen atoms in total.